The predicted octanol–water partition coefficient (Wildman–Crippen LogP) is 1.34. The molecular weight excluding hydrogens is 364 g/mol. The van der Waals surface area contributed by atoms with Crippen LogP contribution in [0.3, 0.4) is 0 Å². The van der Waals surface area contributed by atoms with E-state index < -0.39 is 36.9 Å². The Labute approximate surface area is 162 Å². The maximum Gasteiger partial charge on any atom is 0.338 e. The molecule has 0 heterocycles. The fourth-order valence-corrected chi connectivity index (χ4v) is 2.23. The van der Waals surface area contributed by atoms with Gasteiger partial charge < -0.3 is 24.8 Å². The van der Waals surface area contributed by atoms with Crippen molar-refractivity contribution in [3.05, 3.63) is 83.9 Å². The second-order valence-corrected chi connectivity index (χ2v) is 5.90. The molecule has 148 valence electrons. The summed E-state index contributed by atoms with van der Waals surface area (Å²) >= 11 is 0. The van der Waals surface area contributed by atoms with Crippen LogP contribution in [-0.2, 0) is 9.47 Å². The summed E-state index contributed by atoms with van der Waals surface area (Å²) in [4.78, 5) is 24.0. The molecule has 3 atom stereocenters. The Morgan fingerprint density at radius 3 is 1.93 bits per heavy atom. The molecule has 0 aliphatic heterocycles. The van der Waals surface area contributed by atoms with Crippen molar-refractivity contribution in [3.63, 3.8) is 0 Å². The molecular formula is C21H22O7. The Bertz CT molecular complexity index is 774. The van der Waals surface area contributed by atoms with Gasteiger partial charge in [-0.05, 0) is 30.3 Å². The zero-order chi connectivity index (χ0) is 20.4. The zero-order valence-corrected chi connectivity index (χ0v) is 15.0. The van der Waals surface area contributed by atoms with Crippen LogP contribution in [0.2, 0.25) is 0 Å². The average molecular weight is 386 g/mol. The molecule has 0 radical (unpaired) electrons. The molecule has 2 aromatic carbocycles. The molecule has 2 aromatic rings. The van der Waals surface area contributed by atoms with Gasteiger partial charge in [-0.2, -0.15) is 0 Å². The molecule has 0 saturated carbocycles. The van der Waals surface area contributed by atoms with Crippen molar-refractivity contribution in [1.29, 1.82) is 0 Å². The summed E-state index contributed by atoms with van der Waals surface area (Å²) in [7, 11) is 0. The molecule has 28 heavy (non-hydrogen) atoms. The molecule has 7 heteroatoms. The minimum atomic E-state index is -1.37. The molecule has 0 aliphatic carbocycles. The van der Waals surface area contributed by atoms with E-state index in [0.717, 1.165) is 0 Å². The first-order valence-corrected chi connectivity index (χ1v) is 8.64. The zero-order valence-electron chi connectivity index (χ0n) is 15.0. The molecule has 0 amide bonds. The highest BCUT2D eigenvalue weighted by Crippen LogP contribution is 2.09. The van der Waals surface area contributed by atoms with Crippen LogP contribution in [0.1, 0.15) is 20.7 Å². The second-order valence-electron chi connectivity index (χ2n) is 5.90. The number of esters is 2. The number of benzene rings is 2. The number of carbonyl (C=O) groups excluding carboxylic acids is 2. The normalized spacial score (nSPS) is 14.2. The molecule has 2 rings (SSSR count). The Morgan fingerprint density at radius 1 is 0.857 bits per heavy atom. The van der Waals surface area contributed by atoms with E-state index in [1.165, 1.54) is 12.2 Å². The number of aliphatic hydroxyl groups is 3. The molecule has 7 nitrogen and oxygen atoms in total. The van der Waals surface area contributed by atoms with E-state index in [1.807, 2.05) is 0 Å². The third kappa shape index (κ3) is 6.62. The van der Waals surface area contributed by atoms with Gasteiger partial charge in [0.2, 0.25) is 0 Å². The van der Waals surface area contributed by atoms with E-state index in [0.29, 0.717) is 5.56 Å². The van der Waals surface area contributed by atoms with E-state index in [4.69, 9.17) is 14.6 Å². The fraction of sp³-hybridized carbons (Fsp3) is 0.238. The Balaban J connectivity index is 1.92. The average Bonchev–Trinajstić information content (AvgIpc) is 2.75. The summed E-state index contributed by atoms with van der Waals surface area (Å²) in [6.07, 6.45) is -1.28. The van der Waals surface area contributed by atoms with Gasteiger partial charge in [-0.1, -0.05) is 42.5 Å². The van der Waals surface area contributed by atoms with Gasteiger partial charge in [-0.3, -0.25) is 0 Å². The van der Waals surface area contributed by atoms with Crippen LogP contribution in [-0.4, -0.2) is 58.8 Å². The lowest BCUT2D eigenvalue weighted by Gasteiger charge is -2.19. The number of aliphatic hydroxyl groups excluding tert-OH is 3. The lowest BCUT2D eigenvalue weighted by molar-refractivity contribution is -0.0189. The van der Waals surface area contributed by atoms with Crippen molar-refractivity contribution in [2.45, 2.75) is 18.3 Å². The first-order valence-electron chi connectivity index (χ1n) is 8.64. The lowest BCUT2D eigenvalue weighted by Crippen LogP contribution is -2.33. The number of hydrogen-bond donors (Lipinski definition) is 3. The summed E-state index contributed by atoms with van der Waals surface area (Å²) in [5.74, 6) is -1.27. The molecule has 0 spiro atoms. The van der Waals surface area contributed by atoms with Crippen LogP contribution in [0, 0.1) is 0 Å². The van der Waals surface area contributed by atoms with Crippen molar-refractivity contribution in [2.24, 2.45) is 0 Å². The highest BCUT2D eigenvalue weighted by atomic mass is 16.6. The van der Waals surface area contributed by atoms with Crippen molar-refractivity contribution >= 4 is 11.9 Å². The highest BCUT2D eigenvalue weighted by molar-refractivity contribution is 5.89. The Kier molecular flexibility index (Phi) is 8.36. The summed E-state index contributed by atoms with van der Waals surface area (Å²) in [6, 6.07) is 16.5. The second kappa shape index (κ2) is 11.0. The highest BCUT2D eigenvalue weighted by Gasteiger charge is 2.21. The molecule has 3 N–H and O–H groups in total. The molecule has 0 aromatic heterocycles. The molecule has 0 aliphatic rings. The van der Waals surface area contributed by atoms with Gasteiger partial charge in [0, 0.05) is 0 Å². The molecule has 0 bridgehead atoms. The van der Waals surface area contributed by atoms with Crippen LogP contribution >= 0.6 is 0 Å². The van der Waals surface area contributed by atoms with Crippen molar-refractivity contribution < 1.29 is 34.4 Å². The number of hydrogen-bond acceptors (Lipinski definition) is 7. The molecule has 3 unspecified atom stereocenters. The summed E-state index contributed by atoms with van der Waals surface area (Å²) in [5.41, 5.74) is 0.632. The fourth-order valence-electron chi connectivity index (χ4n) is 2.23. The van der Waals surface area contributed by atoms with Gasteiger partial charge in [0.25, 0.3) is 0 Å². The van der Waals surface area contributed by atoms with Crippen molar-refractivity contribution in [2.75, 3.05) is 13.2 Å². The third-order valence-electron chi connectivity index (χ3n) is 3.74. The van der Waals surface area contributed by atoms with E-state index >= 15 is 0 Å². The maximum atomic E-state index is 12.1. The number of ether oxygens (including phenoxy) is 2. The smallest absolute Gasteiger partial charge is 0.338 e. The van der Waals surface area contributed by atoms with E-state index in [9.17, 15) is 19.8 Å². The minimum absolute atomic E-state index is 0.281. The Morgan fingerprint density at radius 2 is 1.39 bits per heavy atom. The van der Waals surface area contributed by atoms with Gasteiger partial charge in [0.1, 0.15) is 24.9 Å². The first-order chi connectivity index (χ1) is 13.5. The van der Waals surface area contributed by atoms with E-state index in [-0.39, 0.29) is 12.2 Å². The van der Waals surface area contributed by atoms with E-state index in [1.54, 1.807) is 60.7 Å². The maximum absolute atomic E-state index is 12.1. The SMILES string of the molecule is O=C(OCC(O)/C=C/C(OC(=O)c1ccccc1)C(O)CO)c1ccccc1. The van der Waals surface area contributed by atoms with Gasteiger partial charge in [-0.15, -0.1) is 0 Å². The van der Waals surface area contributed by atoms with Crippen LogP contribution < -0.4 is 0 Å². The van der Waals surface area contributed by atoms with Gasteiger partial charge in [0.15, 0.2) is 0 Å². The van der Waals surface area contributed by atoms with Gasteiger partial charge >= 0.3 is 11.9 Å². The Hall–Kier alpha value is -3.00. The van der Waals surface area contributed by atoms with Gasteiger partial charge in [-0.25, -0.2) is 9.59 Å². The monoisotopic (exact) mass is 386 g/mol. The van der Waals surface area contributed by atoms with Gasteiger partial charge in [0.05, 0.1) is 17.7 Å². The standard InChI is InChI=1S/C21H22O7/c22-13-18(24)19(28-21(26)16-9-5-2-6-10-16)12-11-17(23)14-27-20(25)15-7-3-1-4-8-15/h1-12,17-19,22-24H,13-14H2/b12-11+. The summed E-state index contributed by atoms with van der Waals surface area (Å²) in [6.45, 7) is -0.963. The topological polar surface area (TPSA) is 113 Å². The third-order valence-corrected chi connectivity index (χ3v) is 3.74. The number of carbonyl (C=O) groups is 2. The van der Waals surface area contributed by atoms with Crippen molar-refractivity contribution in [3.8, 4) is 0 Å². The minimum Gasteiger partial charge on any atom is -0.459 e. The summed E-state index contributed by atoms with van der Waals surface area (Å²) in [5, 5.41) is 28.9. The van der Waals surface area contributed by atoms with Crippen LogP contribution in [0.4, 0.5) is 0 Å². The quantitative estimate of drug-likeness (QED) is 0.440. The van der Waals surface area contributed by atoms with Crippen LogP contribution in [0.15, 0.2) is 72.8 Å². The summed E-state index contributed by atoms with van der Waals surface area (Å²) < 4.78 is 10.2. The van der Waals surface area contributed by atoms with Crippen molar-refractivity contribution in [1.82, 2.24) is 0 Å². The molecule has 0 saturated heterocycles. The molecule has 0 fully saturated rings. The van der Waals surface area contributed by atoms with Crippen LogP contribution in [0.25, 0.3) is 0 Å². The number of rotatable bonds is 9. The lowest BCUT2D eigenvalue weighted by atomic mass is 10.1. The largest absolute Gasteiger partial charge is 0.459 e. The van der Waals surface area contributed by atoms with E-state index in [2.05, 4.69) is 0 Å². The predicted molar refractivity (Wildman–Crippen MR) is 101 cm³/mol. The van der Waals surface area contributed by atoms with Crippen LogP contribution in [0.5, 0.6) is 0 Å². The first kappa shape index (κ1) is 21.3.